The van der Waals surface area contributed by atoms with Crippen molar-refractivity contribution in [3.8, 4) is 0 Å². The molecule has 2 aromatic rings. The molecule has 0 saturated carbocycles. The Labute approximate surface area is 416 Å². The van der Waals surface area contributed by atoms with Crippen LogP contribution < -0.4 is 31.9 Å². The van der Waals surface area contributed by atoms with Crippen LogP contribution in [0.4, 0.5) is 19.5 Å². The van der Waals surface area contributed by atoms with E-state index in [9.17, 15) is 33.6 Å². The van der Waals surface area contributed by atoms with Crippen LogP contribution in [0.5, 0.6) is 0 Å². The number of amides is 6. The number of oxime groups is 1. The number of nitrogens with zero attached hydrogens (tertiary/aromatic N) is 5. The highest BCUT2D eigenvalue weighted by atomic mass is 32.2. The third-order valence-electron chi connectivity index (χ3n) is 9.65. The summed E-state index contributed by atoms with van der Waals surface area (Å²) < 4.78 is 23.2. The average molecular weight is 1020 g/mol. The summed E-state index contributed by atoms with van der Waals surface area (Å²) in [4.78, 5) is 102. The lowest BCUT2D eigenvalue weighted by Gasteiger charge is -2.37. The highest BCUT2D eigenvalue weighted by Crippen LogP contribution is 2.48. The number of carbonyl (C=O) groups is 7. The van der Waals surface area contributed by atoms with Gasteiger partial charge in [-0.15, -0.1) is 11.3 Å². The Hall–Kier alpha value is -6.11. The van der Waals surface area contributed by atoms with Crippen LogP contribution in [0.25, 0.3) is 0 Å². The van der Waals surface area contributed by atoms with Gasteiger partial charge in [-0.05, 0) is 104 Å². The first-order chi connectivity index (χ1) is 32.0. The molecule has 1 fully saturated rings. The van der Waals surface area contributed by atoms with Crippen molar-refractivity contribution in [2.75, 3.05) is 32.0 Å². The van der Waals surface area contributed by atoms with Crippen molar-refractivity contribution in [2.45, 2.75) is 155 Å². The SMILES string of the molecule is CN1C=C(C(=O)NC[C@H]2NC(=O)[C@H]2CNC(=O)/C(=N\OC(C)(C)C(=O)OC(C)(C)C)c2csc(NC(=O)OC(C)(C)C)n2)SC1(C)c1cnn(CC(CNC(=O)OC(C)(C)C)NC(=O)OC(C)(C)C)c1. The minimum absolute atomic E-state index is 0.00549. The fourth-order valence-corrected chi connectivity index (χ4v) is 8.08. The van der Waals surface area contributed by atoms with Gasteiger partial charge >= 0.3 is 24.2 Å². The smallest absolute Gasteiger partial charge is 0.413 e. The molecular weight excluding hydrogens is 951 g/mol. The molecule has 2 aliphatic heterocycles. The lowest BCUT2D eigenvalue weighted by Crippen LogP contribution is -2.65. The summed E-state index contributed by atoms with van der Waals surface area (Å²) in [7, 11) is 1.82. The zero-order valence-corrected chi connectivity index (χ0v) is 44.5. The Bertz CT molecular complexity index is 2340. The first kappa shape index (κ1) is 56.5. The van der Waals surface area contributed by atoms with Gasteiger partial charge in [-0.2, -0.15) is 5.10 Å². The zero-order chi connectivity index (χ0) is 52.8. The highest BCUT2D eigenvalue weighted by molar-refractivity contribution is 8.05. The van der Waals surface area contributed by atoms with Gasteiger partial charge in [0.15, 0.2) is 10.8 Å². The molecule has 388 valence electrons. The van der Waals surface area contributed by atoms with E-state index < -0.39 is 86.9 Å². The number of aromatic nitrogens is 3. The largest absolute Gasteiger partial charge is 0.457 e. The molecule has 6 amide bonds. The first-order valence-electron chi connectivity index (χ1n) is 22.5. The molecule has 25 heteroatoms. The van der Waals surface area contributed by atoms with Gasteiger partial charge in [0.05, 0.1) is 35.6 Å². The van der Waals surface area contributed by atoms with E-state index in [0.29, 0.717) is 4.91 Å². The van der Waals surface area contributed by atoms with Crippen LogP contribution in [0.1, 0.15) is 115 Å². The summed E-state index contributed by atoms with van der Waals surface area (Å²) in [6, 6.07) is -1.20. The fraction of sp³-hybridized carbons (Fsp3) is 0.644. The summed E-state index contributed by atoms with van der Waals surface area (Å²) in [6.07, 6.45) is 3.06. The Morgan fingerprint density at radius 2 is 1.43 bits per heavy atom. The molecule has 23 nitrogen and oxygen atoms in total. The number of rotatable bonds is 17. The van der Waals surface area contributed by atoms with E-state index in [0.717, 1.165) is 16.9 Å². The van der Waals surface area contributed by atoms with E-state index in [2.05, 4.69) is 47.1 Å². The Morgan fingerprint density at radius 1 is 0.829 bits per heavy atom. The van der Waals surface area contributed by atoms with Gasteiger partial charge in [0.1, 0.15) is 33.0 Å². The van der Waals surface area contributed by atoms with Crippen LogP contribution in [-0.4, -0.2) is 134 Å². The van der Waals surface area contributed by atoms with Crippen molar-refractivity contribution in [1.29, 1.82) is 0 Å². The van der Waals surface area contributed by atoms with Gasteiger partial charge in [-0.25, -0.2) is 24.2 Å². The number of thiazole rings is 1. The number of hydrogen-bond acceptors (Lipinski definition) is 18. The molecular formula is C45H69N11O12S2. The molecule has 2 aromatic heterocycles. The maximum atomic E-state index is 13.8. The van der Waals surface area contributed by atoms with Gasteiger partial charge in [0, 0.05) is 50.0 Å². The summed E-state index contributed by atoms with van der Waals surface area (Å²) in [6.45, 7) is 25.4. The second-order valence-electron chi connectivity index (χ2n) is 21.2. The van der Waals surface area contributed by atoms with Crippen LogP contribution in [-0.2, 0) is 54.4 Å². The van der Waals surface area contributed by atoms with Crippen molar-refractivity contribution in [1.82, 2.24) is 46.2 Å². The number of β-lactam (4-membered cyclic amide) rings is 1. The molecule has 2 unspecified atom stereocenters. The number of carbonyl (C=O) groups excluding carboxylic acids is 7. The second-order valence-corrected chi connectivity index (χ2v) is 23.5. The Balaban J connectivity index is 1.39. The third kappa shape index (κ3) is 17.1. The van der Waals surface area contributed by atoms with E-state index in [1.165, 1.54) is 31.0 Å². The molecule has 1 saturated heterocycles. The van der Waals surface area contributed by atoms with Gasteiger partial charge in [0.2, 0.25) is 11.5 Å². The topological polar surface area (TPSA) is 284 Å². The van der Waals surface area contributed by atoms with Crippen molar-refractivity contribution >= 4 is 75.9 Å². The monoisotopic (exact) mass is 1020 g/mol. The van der Waals surface area contributed by atoms with Gasteiger partial charge in [-0.1, -0.05) is 16.9 Å². The third-order valence-corrected chi connectivity index (χ3v) is 11.8. The number of alkyl carbamates (subject to hydrolysis) is 2. The van der Waals surface area contributed by atoms with Gasteiger partial charge in [0.25, 0.3) is 11.8 Å². The van der Waals surface area contributed by atoms with Gasteiger partial charge < -0.3 is 55.3 Å². The minimum Gasteiger partial charge on any atom is -0.457 e. The van der Waals surface area contributed by atoms with E-state index >= 15 is 0 Å². The van der Waals surface area contributed by atoms with Crippen LogP contribution in [0.3, 0.4) is 0 Å². The van der Waals surface area contributed by atoms with E-state index in [-0.39, 0.29) is 48.6 Å². The summed E-state index contributed by atoms with van der Waals surface area (Å²) >= 11 is 2.27. The fourth-order valence-electron chi connectivity index (χ4n) is 6.18. The number of esters is 1. The zero-order valence-electron chi connectivity index (χ0n) is 42.8. The summed E-state index contributed by atoms with van der Waals surface area (Å²) in [5.41, 5.74) is -4.36. The molecule has 2 aliphatic rings. The minimum atomic E-state index is -1.64. The molecule has 6 N–H and O–H groups in total. The molecule has 70 heavy (non-hydrogen) atoms. The highest BCUT2D eigenvalue weighted by Gasteiger charge is 2.43. The van der Waals surface area contributed by atoms with Crippen molar-refractivity contribution in [2.24, 2.45) is 11.1 Å². The van der Waals surface area contributed by atoms with Crippen molar-refractivity contribution in [3.63, 3.8) is 0 Å². The molecule has 4 rings (SSSR count). The van der Waals surface area contributed by atoms with Crippen LogP contribution in [0, 0.1) is 5.92 Å². The van der Waals surface area contributed by atoms with Crippen molar-refractivity contribution in [3.05, 3.63) is 40.1 Å². The lowest BCUT2D eigenvalue weighted by molar-refractivity contribution is -0.179. The van der Waals surface area contributed by atoms with Crippen molar-refractivity contribution < 1.29 is 57.3 Å². The maximum absolute atomic E-state index is 13.8. The second kappa shape index (κ2) is 21.9. The molecule has 0 aliphatic carbocycles. The predicted octanol–water partition coefficient (Wildman–Crippen LogP) is 4.69. The number of hydrogen-bond donors (Lipinski definition) is 6. The summed E-state index contributed by atoms with van der Waals surface area (Å²) in [5, 5.41) is 26.4. The number of nitrogens with one attached hydrogen (secondary N) is 6. The number of thioether (sulfide) groups is 1. The van der Waals surface area contributed by atoms with Crippen LogP contribution in [0.2, 0.25) is 0 Å². The molecule has 4 heterocycles. The lowest BCUT2D eigenvalue weighted by atomic mass is 9.90. The van der Waals surface area contributed by atoms with Gasteiger partial charge in [-0.3, -0.25) is 24.4 Å². The molecule has 4 atom stereocenters. The number of ether oxygens (including phenoxy) is 4. The van der Waals surface area contributed by atoms with E-state index in [4.69, 9.17) is 23.8 Å². The summed E-state index contributed by atoms with van der Waals surface area (Å²) in [5.74, 6) is -3.05. The molecule has 0 aromatic carbocycles. The first-order valence-corrected chi connectivity index (χ1v) is 24.2. The number of anilines is 1. The standard InChI is InChI=1S/C45H69N11O12S2/c1-40(2,3)64-35(60)44(13,14)68-54-31(29-24-69-36(52-29)53-39(63)67-43(10,11)12)34(59)46-19-27-28(51-32(27)57)20-47-33(58)30-23-55(16)45(15,70-30)25-17-49-56(21-25)22-26(50-38(62)66-42(7,8)9)18-48-37(61)65-41(4,5)6/h17,21,23-24,26-28H,18-20,22H2,1-16H3,(H,46,59)(H,47,58)(H,48,61)(H,50,62)(H,51,57)(H,52,53,63)/b54-31-/t26?,27-,28+,45?/m0/s1. The van der Waals surface area contributed by atoms with Crippen LogP contribution >= 0.6 is 23.1 Å². The quantitative estimate of drug-likeness (QED) is 0.0412. The molecule has 0 radical (unpaired) electrons. The average Bonchev–Trinajstić information content (AvgIpc) is 3.92. The molecule has 0 spiro atoms. The normalized spacial score (nSPS) is 19.1. The predicted molar refractivity (Wildman–Crippen MR) is 261 cm³/mol. The Kier molecular flexibility index (Phi) is 17.7. The van der Waals surface area contributed by atoms with Crippen LogP contribution in [0.15, 0.2) is 34.0 Å². The molecule has 0 bridgehead atoms. The maximum Gasteiger partial charge on any atom is 0.413 e. The Morgan fingerprint density at radius 3 is 2.03 bits per heavy atom. The van der Waals surface area contributed by atoms with E-state index in [1.54, 1.807) is 106 Å². The van der Waals surface area contributed by atoms with E-state index in [1.807, 2.05) is 18.9 Å².